The molecule has 0 saturated heterocycles. The van der Waals surface area contributed by atoms with E-state index in [-0.39, 0.29) is 10.3 Å². The van der Waals surface area contributed by atoms with Gasteiger partial charge in [0.15, 0.2) is 0 Å². The molecule has 1 aromatic heterocycles. The van der Waals surface area contributed by atoms with Crippen molar-refractivity contribution in [1.29, 1.82) is 0 Å². The van der Waals surface area contributed by atoms with Gasteiger partial charge >= 0.3 is 6.18 Å². The van der Waals surface area contributed by atoms with Gasteiger partial charge in [0.1, 0.15) is 11.9 Å². The van der Waals surface area contributed by atoms with Crippen molar-refractivity contribution in [3.63, 3.8) is 0 Å². The molecule has 0 saturated carbocycles. The van der Waals surface area contributed by atoms with Crippen molar-refractivity contribution < 1.29 is 22.0 Å². The lowest BCUT2D eigenvalue weighted by molar-refractivity contribution is -0.138. The average molecular weight is 319 g/mol. The van der Waals surface area contributed by atoms with E-state index >= 15 is 0 Å². The number of alkyl halides is 5. The summed E-state index contributed by atoms with van der Waals surface area (Å²) in [4.78, 5) is 3.58. The zero-order chi connectivity index (χ0) is 13.2. The van der Waals surface area contributed by atoms with Gasteiger partial charge < -0.3 is 5.32 Å². The first-order valence-corrected chi connectivity index (χ1v) is 5.28. The minimum Gasteiger partial charge on any atom is -0.358 e. The third-order valence-corrected chi connectivity index (χ3v) is 2.83. The first-order valence-electron chi connectivity index (χ1n) is 4.49. The van der Waals surface area contributed by atoms with E-state index in [0.717, 1.165) is 19.2 Å². The second kappa shape index (κ2) is 5.16. The second-order valence-electron chi connectivity index (χ2n) is 3.27. The molecule has 0 aliphatic heterocycles. The molecule has 1 aromatic rings. The number of nitrogens with zero attached hydrogens (tertiary/aromatic N) is 1. The van der Waals surface area contributed by atoms with Crippen LogP contribution >= 0.6 is 15.9 Å². The smallest absolute Gasteiger partial charge is 0.358 e. The van der Waals surface area contributed by atoms with Crippen molar-refractivity contribution in [2.75, 3.05) is 5.32 Å². The molecule has 0 aliphatic carbocycles. The van der Waals surface area contributed by atoms with Crippen molar-refractivity contribution in [3.8, 4) is 0 Å². The molecule has 0 aliphatic rings. The predicted molar refractivity (Wildman–Crippen MR) is 56.0 cm³/mol. The lowest BCUT2D eigenvalue weighted by Crippen LogP contribution is -2.33. The lowest BCUT2D eigenvalue weighted by atomic mass is 10.2. The molecule has 0 spiro atoms. The molecule has 1 rings (SSSR count). The number of anilines is 1. The van der Waals surface area contributed by atoms with Crippen molar-refractivity contribution >= 4 is 21.7 Å². The number of hydrogen-bond donors (Lipinski definition) is 1. The topological polar surface area (TPSA) is 24.9 Å². The highest BCUT2D eigenvalue weighted by molar-refractivity contribution is 9.10. The highest BCUT2D eigenvalue weighted by atomic mass is 79.9. The number of rotatable bonds is 3. The van der Waals surface area contributed by atoms with Crippen LogP contribution in [-0.4, -0.2) is 17.2 Å². The fourth-order valence-corrected chi connectivity index (χ4v) is 1.54. The molecular weight excluding hydrogens is 311 g/mol. The molecule has 0 bridgehead atoms. The fourth-order valence-electron chi connectivity index (χ4n) is 1.01. The van der Waals surface area contributed by atoms with Gasteiger partial charge in [0.05, 0.1) is 4.47 Å². The zero-order valence-electron chi connectivity index (χ0n) is 8.52. The maximum atomic E-state index is 12.5. The number of aromatic nitrogens is 1. The average Bonchev–Trinajstić information content (AvgIpc) is 2.19. The highest BCUT2D eigenvalue weighted by Gasteiger charge is 2.36. The zero-order valence-corrected chi connectivity index (χ0v) is 10.1. The summed E-state index contributed by atoms with van der Waals surface area (Å²) in [6.45, 7) is 0.878. The first-order chi connectivity index (χ1) is 7.73. The van der Waals surface area contributed by atoms with Crippen LogP contribution in [0.15, 0.2) is 16.7 Å². The molecular formula is C9H8BrF5N2. The van der Waals surface area contributed by atoms with Gasteiger partial charge in [-0.15, -0.1) is 0 Å². The SMILES string of the molecule is CC(Nc1nccc(C(F)F)c1Br)C(F)(F)F. The molecule has 1 atom stereocenters. The Bertz CT molecular complexity index is 393. The van der Waals surface area contributed by atoms with Gasteiger partial charge in [-0.05, 0) is 28.9 Å². The van der Waals surface area contributed by atoms with Gasteiger partial charge in [-0.25, -0.2) is 13.8 Å². The Hall–Kier alpha value is -0.920. The van der Waals surface area contributed by atoms with Crippen molar-refractivity contribution in [3.05, 3.63) is 22.3 Å². The minimum absolute atomic E-state index is 0.161. The van der Waals surface area contributed by atoms with E-state index in [4.69, 9.17) is 0 Å². The minimum atomic E-state index is -4.47. The van der Waals surface area contributed by atoms with Crippen LogP contribution in [0.4, 0.5) is 27.8 Å². The summed E-state index contributed by atoms with van der Waals surface area (Å²) in [5, 5.41) is 2.03. The van der Waals surface area contributed by atoms with Gasteiger partial charge in [-0.1, -0.05) is 0 Å². The first kappa shape index (κ1) is 14.1. The maximum Gasteiger partial charge on any atom is 0.408 e. The summed E-state index contributed by atoms with van der Waals surface area (Å²) in [6.07, 6.45) is -6.23. The van der Waals surface area contributed by atoms with Crippen LogP contribution in [-0.2, 0) is 0 Å². The van der Waals surface area contributed by atoms with Gasteiger partial charge in [-0.3, -0.25) is 0 Å². The van der Waals surface area contributed by atoms with Crippen LogP contribution in [0.5, 0.6) is 0 Å². The number of pyridine rings is 1. The molecule has 17 heavy (non-hydrogen) atoms. The highest BCUT2D eigenvalue weighted by Crippen LogP contribution is 2.33. The van der Waals surface area contributed by atoms with Gasteiger partial charge in [0, 0.05) is 11.8 Å². The Kier molecular flexibility index (Phi) is 4.29. The molecule has 2 nitrogen and oxygen atoms in total. The Labute approximate surface area is 102 Å². The van der Waals surface area contributed by atoms with Crippen molar-refractivity contribution in [1.82, 2.24) is 4.98 Å². The summed E-state index contributed by atoms with van der Waals surface area (Å²) in [5.74, 6) is -0.257. The van der Waals surface area contributed by atoms with Crippen molar-refractivity contribution in [2.45, 2.75) is 25.6 Å². The molecule has 0 amide bonds. The quantitative estimate of drug-likeness (QED) is 0.847. The van der Waals surface area contributed by atoms with E-state index in [0.29, 0.717) is 0 Å². The van der Waals surface area contributed by atoms with Crippen LogP contribution in [0, 0.1) is 0 Å². The normalized spacial score (nSPS) is 13.9. The molecule has 1 N–H and O–H groups in total. The maximum absolute atomic E-state index is 12.5. The van der Waals surface area contributed by atoms with E-state index in [2.05, 4.69) is 20.9 Å². The fraction of sp³-hybridized carbons (Fsp3) is 0.444. The Morgan fingerprint density at radius 1 is 1.35 bits per heavy atom. The summed E-state index contributed by atoms with van der Waals surface area (Å²) in [6, 6.07) is -0.836. The lowest BCUT2D eigenvalue weighted by Gasteiger charge is -2.19. The second-order valence-corrected chi connectivity index (χ2v) is 4.06. The van der Waals surface area contributed by atoms with Gasteiger partial charge in [0.2, 0.25) is 0 Å². The number of nitrogens with one attached hydrogen (secondary N) is 1. The van der Waals surface area contributed by atoms with Crippen LogP contribution in [0.3, 0.4) is 0 Å². The molecule has 96 valence electrons. The summed E-state index contributed by atoms with van der Waals surface area (Å²) >= 11 is 2.80. The van der Waals surface area contributed by atoms with Crippen molar-refractivity contribution in [2.24, 2.45) is 0 Å². The third-order valence-electron chi connectivity index (χ3n) is 2.00. The molecule has 8 heteroatoms. The Morgan fingerprint density at radius 2 is 1.94 bits per heavy atom. The summed E-state index contributed by atoms with van der Waals surface area (Å²) < 4.78 is 61.6. The van der Waals surface area contributed by atoms with E-state index < -0.39 is 24.2 Å². The Morgan fingerprint density at radius 3 is 2.41 bits per heavy atom. The van der Waals surface area contributed by atoms with E-state index in [1.54, 1.807) is 0 Å². The van der Waals surface area contributed by atoms with Gasteiger partial charge in [-0.2, -0.15) is 13.2 Å². The van der Waals surface area contributed by atoms with E-state index in [1.165, 1.54) is 0 Å². The largest absolute Gasteiger partial charge is 0.408 e. The summed E-state index contributed by atoms with van der Waals surface area (Å²) in [5.41, 5.74) is -0.406. The van der Waals surface area contributed by atoms with E-state index in [1.807, 2.05) is 5.32 Å². The summed E-state index contributed by atoms with van der Waals surface area (Å²) in [7, 11) is 0. The molecule has 1 heterocycles. The van der Waals surface area contributed by atoms with Crippen LogP contribution < -0.4 is 5.32 Å². The standard InChI is InChI=1S/C9H8BrF5N2/c1-4(9(13,14)15)17-8-6(10)5(7(11)12)2-3-16-8/h2-4,7H,1H3,(H,16,17). The number of hydrogen-bond acceptors (Lipinski definition) is 2. The predicted octanol–water partition coefficient (Wildman–Crippen LogP) is 4.14. The molecule has 1 unspecified atom stereocenters. The Balaban J connectivity index is 2.97. The molecule has 0 radical (unpaired) electrons. The van der Waals surface area contributed by atoms with E-state index in [9.17, 15) is 22.0 Å². The van der Waals surface area contributed by atoms with Crippen LogP contribution in [0.2, 0.25) is 0 Å². The van der Waals surface area contributed by atoms with Crippen LogP contribution in [0.25, 0.3) is 0 Å². The van der Waals surface area contributed by atoms with Gasteiger partial charge in [0.25, 0.3) is 6.43 Å². The van der Waals surface area contributed by atoms with Crippen LogP contribution in [0.1, 0.15) is 18.9 Å². The molecule has 0 aromatic carbocycles. The number of halogens is 6. The monoisotopic (exact) mass is 318 g/mol. The molecule has 0 fully saturated rings. The third kappa shape index (κ3) is 3.52.